The van der Waals surface area contributed by atoms with Crippen molar-refractivity contribution in [3.63, 3.8) is 0 Å². The molecule has 0 atom stereocenters. The van der Waals surface area contributed by atoms with Crippen molar-refractivity contribution in [3.05, 3.63) is 0 Å². The van der Waals surface area contributed by atoms with Crippen LogP contribution in [0.5, 0.6) is 0 Å². The standard InChI is InChI=1S/C6H13N.2Na.2H/c1-2-4-6-7-5-3-1;;;;/h7H,1-6H2;;;;. The van der Waals surface area contributed by atoms with Crippen LogP contribution in [0.1, 0.15) is 25.7 Å². The second-order valence-electron chi connectivity index (χ2n) is 2.16. The summed E-state index contributed by atoms with van der Waals surface area (Å²) in [7, 11) is 0. The van der Waals surface area contributed by atoms with E-state index in [4.69, 9.17) is 0 Å². The second kappa shape index (κ2) is 9.96. The first-order chi connectivity index (χ1) is 3.50. The van der Waals surface area contributed by atoms with Crippen LogP contribution in [0.3, 0.4) is 0 Å². The molecule has 1 rings (SSSR count). The zero-order valence-electron chi connectivity index (χ0n) is 4.74. The molecular formula is C6H15NNa2. The van der Waals surface area contributed by atoms with Crippen LogP contribution in [0.2, 0.25) is 0 Å². The van der Waals surface area contributed by atoms with Gasteiger partial charge in [-0.15, -0.1) is 0 Å². The van der Waals surface area contributed by atoms with Gasteiger partial charge in [-0.2, -0.15) is 0 Å². The third-order valence-corrected chi connectivity index (χ3v) is 1.46. The van der Waals surface area contributed by atoms with Gasteiger partial charge in [-0.3, -0.25) is 0 Å². The minimum atomic E-state index is 0. The van der Waals surface area contributed by atoms with Crippen LogP contribution >= 0.6 is 0 Å². The van der Waals surface area contributed by atoms with Crippen LogP contribution in [0, 0.1) is 0 Å². The molecule has 0 aromatic heterocycles. The fourth-order valence-corrected chi connectivity index (χ4v) is 0.979. The molecule has 1 aliphatic rings. The first-order valence-corrected chi connectivity index (χ1v) is 3.21. The van der Waals surface area contributed by atoms with E-state index in [0.717, 1.165) is 0 Å². The van der Waals surface area contributed by atoms with E-state index >= 15 is 0 Å². The van der Waals surface area contributed by atoms with Crippen molar-refractivity contribution in [1.82, 2.24) is 5.32 Å². The molecule has 3 heteroatoms. The normalized spacial score (nSPS) is 18.7. The average molecular weight is 147 g/mol. The van der Waals surface area contributed by atoms with Crippen molar-refractivity contribution in [2.45, 2.75) is 25.7 Å². The summed E-state index contributed by atoms with van der Waals surface area (Å²) in [5.74, 6) is 0. The van der Waals surface area contributed by atoms with Crippen LogP contribution < -0.4 is 5.32 Å². The van der Waals surface area contributed by atoms with Crippen molar-refractivity contribution in [1.29, 1.82) is 0 Å². The summed E-state index contributed by atoms with van der Waals surface area (Å²) < 4.78 is 0. The van der Waals surface area contributed by atoms with Gasteiger partial charge in [-0.1, -0.05) is 12.8 Å². The van der Waals surface area contributed by atoms with Crippen LogP contribution in [-0.4, -0.2) is 72.2 Å². The van der Waals surface area contributed by atoms with Gasteiger partial charge in [-0.05, 0) is 25.9 Å². The van der Waals surface area contributed by atoms with E-state index in [-0.39, 0.29) is 59.1 Å². The summed E-state index contributed by atoms with van der Waals surface area (Å²) in [6.07, 6.45) is 5.65. The Morgan fingerprint density at radius 2 is 1.11 bits per heavy atom. The quantitative estimate of drug-likeness (QED) is 0.470. The van der Waals surface area contributed by atoms with Gasteiger partial charge in [0.05, 0.1) is 0 Å². The summed E-state index contributed by atoms with van der Waals surface area (Å²) in [4.78, 5) is 0. The molecule has 1 N–H and O–H groups in total. The predicted octanol–water partition coefficient (Wildman–Crippen LogP) is -0.147. The van der Waals surface area contributed by atoms with E-state index in [1.165, 1.54) is 38.8 Å². The van der Waals surface area contributed by atoms with Gasteiger partial charge in [0.25, 0.3) is 0 Å². The predicted molar refractivity (Wildman–Crippen MR) is 45.6 cm³/mol. The topological polar surface area (TPSA) is 12.0 Å². The fourth-order valence-electron chi connectivity index (χ4n) is 0.979. The van der Waals surface area contributed by atoms with E-state index in [1.807, 2.05) is 0 Å². The van der Waals surface area contributed by atoms with E-state index in [9.17, 15) is 0 Å². The van der Waals surface area contributed by atoms with Crippen LogP contribution in [0.25, 0.3) is 0 Å². The molecule has 0 unspecified atom stereocenters. The fraction of sp³-hybridized carbons (Fsp3) is 1.00. The molecule has 0 aromatic rings. The van der Waals surface area contributed by atoms with Crippen molar-refractivity contribution < 1.29 is 0 Å². The molecule has 1 nitrogen and oxygen atoms in total. The van der Waals surface area contributed by atoms with Crippen molar-refractivity contribution >= 4 is 59.1 Å². The van der Waals surface area contributed by atoms with Crippen LogP contribution in [0.15, 0.2) is 0 Å². The molecule has 0 bridgehead atoms. The van der Waals surface area contributed by atoms with Gasteiger partial charge in [0.15, 0.2) is 0 Å². The molecule has 0 saturated carbocycles. The molecule has 46 valence electrons. The van der Waals surface area contributed by atoms with Gasteiger partial charge in [0.2, 0.25) is 0 Å². The Bertz CT molecular complexity index is 30.7. The monoisotopic (exact) mass is 147 g/mol. The third-order valence-electron chi connectivity index (χ3n) is 1.46. The Labute approximate surface area is 102 Å². The van der Waals surface area contributed by atoms with Gasteiger partial charge >= 0.3 is 59.1 Å². The zero-order chi connectivity index (χ0) is 4.95. The molecule has 1 fully saturated rings. The third kappa shape index (κ3) is 7.86. The van der Waals surface area contributed by atoms with E-state index in [0.29, 0.717) is 0 Å². The summed E-state index contributed by atoms with van der Waals surface area (Å²) in [5.41, 5.74) is 0. The van der Waals surface area contributed by atoms with Gasteiger partial charge in [0, 0.05) is 0 Å². The zero-order valence-corrected chi connectivity index (χ0v) is 4.74. The number of hydrogen-bond acceptors (Lipinski definition) is 1. The summed E-state index contributed by atoms with van der Waals surface area (Å²) >= 11 is 0. The molecule has 9 heavy (non-hydrogen) atoms. The Kier molecular flexibility index (Phi) is 15.0. The maximum atomic E-state index is 3.35. The van der Waals surface area contributed by atoms with E-state index in [1.54, 1.807) is 0 Å². The SMILES string of the molecule is C1CCCNCC1.[NaH].[NaH]. The Morgan fingerprint density at radius 3 is 1.56 bits per heavy atom. The Hall–Kier alpha value is 1.96. The van der Waals surface area contributed by atoms with Gasteiger partial charge < -0.3 is 5.32 Å². The maximum absolute atomic E-state index is 3.35. The second-order valence-corrected chi connectivity index (χ2v) is 2.16. The summed E-state index contributed by atoms with van der Waals surface area (Å²) in [6, 6.07) is 0. The first-order valence-electron chi connectivity index (χ1n) is 3.21. The molecule has 1 heterocycles. The minimum absolute atomic E-state index is 0. The van der Waals surface area contributed by atoms with Crippen molar-refractivity contribution in [3.8, 4) is 0 Å². The molecule has 0 radical (unpaired) electrons. The number of hydrogen-bond donors (Lipinski definition) is 1. The Balaban J connectivity index is 0. The van der Waals surface area contributed by atoms with Crippen molar-refractivity contribution in [2.24, 2.45) is 0 Å². The average Bonchev–Trinajstić information content (AvgIpc) is 1.90. The van der Waals surface area contributed by atoms with Gasteiger partial charge in [-0.25, -0.2) is 0 Å². The molecule has 1 aliphatic heterocycles. The molecule has 0 aliphatic carbocycles. The molecule has 0 aromatic carbocycles. The number of nitrogens with one attached hydrogen (secondary N) is 1. The van der Waals surface area contributed by atoms with E-state index < -0.39 is 0 Å². The molecule has 0 amide bonds. The van der Waals surface area contributed by atoms with Gasteiger partial charge in [0.1, 0.15) is 0 Å². The molecule has 0 spiro atoms. The molecular weight excluding hydrogens is 132 g/mol. The first kappa shape index (κ1) is 13.5. The Morgan fingerprint density at radius 1 is 0.667 bits per heavy atom. The summed E-state index contributed by atoms with van der Waals surface area (Å²) in [5, 5.41) is 3.35. The van der Waals surface area contributed by atoms with Crippen LogP contribution in [0.4, 0.5) is 0 Å². The van der Waals surface area contributed by atoms with Crippen LogP contribution in [-0.2, 0) is 0 Å². The number of rotatable bonds is 0. The van der Waals surface area contributed by atoms with Crippen molar-refractivity contribution in [2.75, 3.05) is 13.1 Å². The summed E-state index contributed by atoms with van der Waals surface area (Å²) in [6.45, 7) is 2.50. The van der Waals surface area contributed by atoms with E-state index in [2.05, 4.69) is 5.32 Å². The molecule has 1 saturated heterocycles.